The van der Waals surface area contributed by atoms with Crippen LogP contribution in [-0.4, -0.2) is 17.0 Å². The quantitative estimate of drug-likeness (QED) is 0.632. The smallest absolute Gasteiger partial charge is 0.307 e. The zero-order valence-corrected chi connectivity index (χ0v) is 5.76. The van der Waals surface area contributed by atoms with E-state index in [2.05, 4.69) is 0 Å². The summed E-state index contributed by atoms with van der Waals surface area (Å²) in [5, 5.41) is 8.48. The third-order valence-corrected chi connectivity index (χ3v) is 2.69. The highest BCUT2D eigenvalue weighted by atomic mass is 19.3. The monoisotopic (exact) mass is 162 g/mol. The maximum Gasteiger partial charge on any atom is 0.307 e. The number of fused-ring (bicyclic) bond motifs is 1. The highest BCUT2D eigenvalue weighted by Crippen LogP contribution is 2.62. The van der Waals surface area contributed by atoms with Crippen LogP contribution in [0.1, 0.15) is 12.8 Å². The van der Waals surface area contributed by atoms with E-state index in [0.29, 0.717) is 0 Å². The number of rotatable bonds is 1. The van der Waals surface area contributed by atoms with Gasteiger partial charge < -0.3 is 5.11 Å². The fraction of sp³-hybridized carbons (Fsp3) is 0.857. The number of hydrogen-bond donors (Lipinski definition) is 1. The average molecular weight is 162 g/mol. The molecule has 2 aliphatic rings. The number of halogens is 2. The molecule has 62 valence electrons. The van der Waals surface area contributed by atoms with Crippen LogP contribution in [0.4, 0.5) is 8.78 Å². The SMILES string of the molecule is O=C(O)C1[C@H]2CC(F)(F)C[C@@H]12. The van der Waals surface area contributed by atoms with Crippen molar-refractivity contribution in [2.24, 2.45) is 17.8 Å². The van der Waals surface area contributed by atoms with Crippen molar-refractivity contribution in [2.75, 3.05) is 0 Å². The van der Waals surface area contributed by atoms with Crippen molar-refractivity contribution in [3.8, 4) is 0 Å². The highest BCUT2D eigenvalue weighted by Gasteiger charge is 2.65. The second kappa shape index (κ2) is 1.73. The van der Waals surface area contributed by atoms with Gasteiger partial charge in [0.2, 0.25) is 5.92 Å². The predicted octanol–water partition coefficient (Wildman–Crippen LogP) is 1.36. The summed E-state index contributed by atoms with van der Waals surface area (Å²) in [6, 6.07) is 0. The molecule has 0 aromatic rings. The molecule has 2 fully saturated rings. The highest BCUT2D eigenvalue weighted by molar-refractivity contribution is 5.74. The molecule has 2 aliphatic carbocycles. The average Bonchev–Trinajstić information content (AvgIpc) is 2.31. The third-order valence-electron chi connectivity index (χ3n) is 2.69. The molecule has 11 heavy (non-hydrogen) atoms. The minimum absolute atomic E-state index is 0.214. The molecule has 0 amide bonds. The van der Waals surface area contributed by atoms with Gasteiger partial charge in [0.1, 0.15) is 0 Å². The normalized spacial score (nSPS) is 45.1. The fourth-order valence-electron chi connectivity index (χ4n) is 2.14. The molecule has 3 atom stereocenters. The van der Waals surface area contributed by atoms with Crippen LogP contribution >= 0.6 is 0 Å². The van der Waals surface area contributed by atoms with Gasteiger partial charge in [0.25, 0.3) is 0 Å². The van der Waals surface area contributed by atoms with E-state index < -0.39 is 17.8 Å². The third kappa shape index (κ3) is 0.921. The fourth-order valence-corrected chi connectivity index (χ4v) is 2.14. The summed E-state index contributed by atoms with van der Waals surface area (Å²) in [6.45, 7) is 0. The first kappa shape index (κ1) is 7.00. The first-order valence-corrected chi connectivity index (χ1v) is 3.62. The Hall–Kier alpha value is -0.670. The van der Waals surface area contributed by atoms with Gasteiger partial charge in [-0.15, -0.1) is 0 Å². The standard InChI is InChI=1S/C7H8F2O2/c8-7(9)1-3-4(2-7)5(3)6(10)11/h3-5H,1-2H2,(H,10,11)/t3-,4+,5?. The van der Waals surface area contributed by atoms with Gasteiger partial charge in [-0.3, -0.25) is 4.79 Å². The second-order valence-electron chi connectivity index (χ2n) is 3.46. The molecule has 0 heterocycles. The summed E-state index contributed by atoms with van der Waals surface area (Å²) in [7, 11) is 0. The Morgan fingerprint density at radius 1 is 1.36 bits per heavy atom. The van der Waals surface area contributed by atoms with E-state index in [1.165, 1.54) is 0 Å². The first-order chi connectivity index (χ1) is 5.01. The Labute approximate surface area is 62.2 Å². The summed E-state index contributed by atoms with van der Waals surface area (Å²) in [6.07, 6.45) is -0.427. The molecule has 1 N–H and O–H groups in total. The number of carboxylic acids is 1. The molecular weight excluding hydrogens is 154 g/mol. The molecule has 0 saturated heterocycles. The summed E-state index contributed by atoms with van der Waals surface area (Å²) in [5.41, 5.74) is 0. The van der Waals surface area contributed by atoms with Crippen LogP contribution in [-0.2, 0) is 4.79 Å². The summed E-state index contributed by atoms with van der Waals surface area (Å²) in [4.78, 5) is 10.3. The molecule has 0 aromatic heterocycles. The minimum Gasteiger partial charge on any atom is -0.481 e. The Balaban J connectivity index is 2.01. The van der Waals surface area contributed by atoms with Crippen molar-refractivity contribution < 1.29 is 18.7 Å². The van der Waals surface area contributed by atoms with Gasteiger partial charge in [0.15, 0.2) is 0 Å². The Morgan fingerprint density at radius 3 is 2.18 bits per heavy atom. The van der Waals surface area contributed by atoms with Crippen LogP contribution < -0.4 is 0 Å². The number of alkyl halides is 2. The van der Waals surface area contributed by atoms with E-state index in [1.54, 1.807) is 0 Å². The predicted molar refractivity (Wildman–Crippen MR) is 32.3 cm³/mol. The van der Waals surface area contributed by atoms with Crippen LogP contribution in [0.3, 0.4) is 0 Å². The lowest BCUT2D eigenvalue weighted by Crippen LogP contribution is -2.17. The van der Waals surface area contributed by atoms with Crippen molar-refractivity contribution in [3.63, 3.8) is 0 Å². The summed E-state index contributed by atoms with van der Waals surface area (Å²) < 4.78 is 24.9. The molecule has 1 unspecified atom stereocenters. The molecule has 0 aromatic carbocycles. The number of carbonyl (C=O) groups is 1. The molecule has 0 bridgehead atoms. The zero-order chi connectivity index (χ0) is 8.22. The molecule has 0 aliphatic heterocycles. The van der Waals surface area contributed by atoms with Crippen LogP contribution in [0.15, 0.2) is 0 Å². The lowest BCUT2D eigenvalue weighted by Gasteiger charge is -2.10. The minimum atomic E-state index is -2.58. The van der Waals surface area contributed by atoms with E-state index in [9.17, 15) is 13.6 Å². The van der Waals surface area contributed by atoms with Gasteiger partial charge in [-0.25, -0.2) is 8.78 Å². The Kier molecular flexibility index (Phi) is 1.10. The van der Waals surface area contributed by atoms with E-state index in [1.807, 2.05) is 0 Å². The lowest BCUT2D eigenvalue weighted by molar-refractivity contribution is -0.140. The van der Waals surface area contributed by atoms with Crippen LogP contribution in [0.2, 0.25) is 0 Å². The second-order valence-corrected chi connectivity index (χ2v) is 3.46. The van der Waals surface area contributed by atoms with Crippen molar-refractivity contribution >= 4 is 5.97 Å². The topological polar surface area (TPSA) is 37.3 Å². The van der Waals surface area contributed by atoms with E-state index >= 15 is 0 Å². The molecule has 0 radical (unpaired) electrons. The molecular formula is C7H8F2O2. The maximum atomic E-state index is 12.5. The molecule has 4 heteroatoms. The van der Waals surface area contributed by atoms with Gasteiger partial charge in [0, 0.05) is 12.8 Å². The number of carboxylic acid groups (broad SMARTS) is 1. The van der Waals surface area contributed by atoms with E-state index in [0.717, 1.165) is 0 Å². The van der Waals surface area contributed by atoms with Gasteiger partial charge in [-0.1, -0.05) is 0 Å². The van der Waals surface area contributed by atoms with Gasteiger partial charge in [-0.05, 0) is 11.8 Å². The van der Waals surface area contributed by atoms with Gasteiger partial charge in [0.05, 0.1) is 5.92 Å². The maximum absolute atomic E-state index is 12.5. The largest absolute Gasteiger partial charge is 0.481 e. The summed E-state index contributed by atoms with van der Waals surface area (Å²) in [5.74, 6) is -4.42. The van der Waals surface area contributed by atoms with Crippen LogP contribution in [0.5, 0.6) is 0 Å². The Bertz CT molecular complexity index is 200. The van der Waals surface area contributed by atoms with Crippen molar-refractivity contribution in [2.45, 2.75) is 18.8 Å². The lowest BCUT2D eigenvalue weighted by atomic mass is 10.1. The first-order valence-electron chi connectivity index (χ1n) is 3.62. The van der Waals surface area contributed by atoms with Crippen LogP contribution in [0, 0.1) is 17.8 Å². The van der Waals surface area contributed by atoms with Crippen molar-refractivity contribution in [3.05, 3.63) is 0 Å². The molecule has 2 saturated carbocycles. The van der Waals surface area contributed by atoms with Crippen LogP contribution in [0.25, 0.3) is 0 Å². The zero-order valence-electron chi connectivity index (χ0n) is 5.76. The number of hydrogen-bond acceptors (Lipinski definition) is 1. The molecule has 2 rings (SSSR count). The number of aliphatic carboxylic acids is 1. The van der Waals surface area contributed by atoms with E-state index in [4.69, 9.17) is 5.11 Å². The van der Waals surface area contributed by atoms with Crippen molar-refractivity contribution in [1.82, 2.24) is 0 Å². The summed E-state index contributed by atoms with van der Waals surface area (Å²) >= 11 is 0. The van der Waals surface area contributed by atoms with Gasteiger partial charge in [-0.2, -0.15) is 0 Å². The Morgan fingerprint density at radius 2 is 1.82 bits per heavy atom. The van der Waals surface area contributed by atoms with Gasteiger partial charge >= 0.3 is 5.97 Å². The molecule has 2 nitrogen and oxygen atoms in total. The molecule has 0 spiro atoms. The van der Waals surface area contributed by atoms with E-state index in [-0.39, 0.29) is 24.7 Å². The van der Waals surface area contributed by atoms with Crippen molar-refractivity contribution in [1.29, 1.82) is 0 Å².